The number of amides is 1. The number of hydrogen-bond acceptors (Lipinski definition) is 3. The highest BCUT2D eigenvalue weighted by molar-refractivity contribution is 5.96. The van der Waals surface area contributed by atoms with Crippen LogP contribution in [-0.4, -0.2) is 16.4 Å². The smallest absolute Gasteiger partial charge is 0.305 e. The van der Waals surface area contributed by atoms with Gasteiger partial charge in [0.05, 0.1) is 4.92 Å². The lowest BCUT2D eigenvalue weighted by atomic mass is 9.95. The van der Waals surface area contributed by atoms with Crippen molar-refractivity contribution in [2.75, 3.05) is 0 Å². The van der Waals surface area contributed by atoms with Crippen LogP contribution >= 0.6 is 0 Å². The van der Waals surface area contributed by atoms with Crippen molar-refractivity contribution < 1.29 is 18.5 Å². The van der Waals surface area contributed by atoms with Crippen molar-refractivity contribution in [3.8, 4) is 0 Å². The van der Waals surface area contributed by atoms with Gasteiger partial charge in [0, 0.05) is 11.6 Å². The molecule has 1 rings (SSSR count). The molecule has 1 amide bonds. The van der Waals surface area contributed by atoms with Crippen molar-refractivity contribution in [3.05, 3.63) is 39.4 Å². The molecule has 0 spiro atoms. The van der Waals surface area contributed by atoms with Gasteiger partial charge in [0.1, 0.15) is 11.4 Å². The summed E-state index contributed by atoms with van der Waals surface area (Å²) in [4.78, 5) is 21.6. The first-order valence-electron chi connectivity index (χ1n) is 6.20. The van der Waals surface area contributed by atoms with Gasteiger partial charge in [-0.1, -0.05) is 13.8 Å². The van der Waals surface area contributed by atoms with E-state index < -0.39 is 39.3 Å². The molecular formula is C13H16F2N2O3. The van der Waals surface area contributed by atoms with Crippen molar-refractivity contribution in [2.24, 2.45) is 0 Å². The summed E-state index contributed by atoms with van der Waals surface area (Å²) in [6.07, 6.45) is 1.13. The molecule has 110 valence electrons. The van der Waals surface area contributed by atoms with Gasteiger partial charge >= 0.3 is 5.69 Å². The molecule has 0 saturated carbocycles. The van der Waals surface area contributed by atoms with Crippen LogP contribution in [0.1, 0.15) is 44.0 Å². The van der Waals surface area contributed by atoms with E-state index in [9.17, 15) is 23.7 Å². The first-order valence-corrected chi connectivity index (χ1v) is 6.20. The van der Waals surface area contributed by atoms with E-state index in [2.05, 4.69) is 5.32 Å². The van der Waals surface area contributed by atoms with Gasteiger partial charge in [-0.15, -0.1) is 0 Å². The fourth-order valence-electron chi connectivity index (χ4n) is 1.65. The van der Waals surface area contributed by atoms with Crippen LogP contribution < -0.4 is 5.32 Å². The largest absolute Gasteiger partial charge is 0.347 e. The quantitative estimate of drug-likeness (QED) is 0.667. The molecule has 0 saturated heterocycles. The topological polar surface area (TPSA) is 72.2 Å². The predicted octanol–water partition coefficient (Wildman–Crippen LogP) is 3.18. The molecule has 0 aromatic heterocycles. The average Bonchev–Trinajstić information content (AvgIpc) is 2.38. The molecule has 1 aromatic rings. The molecule has 0 bridgehead atoms. The van der Waals surface area contributed by atoms with E-state index in [1.54, 1.807) is 6.92 Å². The third-order valence-electron chi connectivity index (χ3n) is 3.47. The van der Waals surface area contributed by atoms with E-state index in [0.29, 0.717) is 25.0 Å². The Hall–Kier alpha value is -2.05. The molecule has 0 heterocycles. The standard InChI is InChI=1S/C13H16F2N2O3/c1-4-13(3,5-2)16-12(18)10-8(14)6-7-9(11(10)15)17(19)20/h6-7H,4-5H2,1-3H3,(H,16,18). The number of benzene rings is 1. The van der Waals surface area contributed by atoms with E-state index in [4.69, 9.17) is 0 Å². The second-order valence-corrected chi connectivity index (χ2v) is 4.73. The van der Waals surface area contributed by atoms with Crippen molar-refractivity contribution >= 4 is 11.6 Å². The van der Waals surface area contributed by atoms with Gasteiger partial charge in [0.15, 0.2) is 0 Å². The number of rotatable bonds is 5. The van der Waals surface area contributed by atoms with Crippen molar-refractivity contribution in [3.63, 3.8) is 0 Å². The fourth-order valence-corrected chi connectivity index (χ4v) is 1.65. The average molecular weight is 286 g/mol. The highest BCUT2D eigenvalue weighted by atomic mass is 19.1. The summed E-state index contributed by atoms with van der Waals surface area (Å²) >= 11 is 0. The molecule has 20 heavy (non-hydrogen) atoms. The summed E-state index contributed by atoms with van der Waals surface area (Å²) in [6.45, 7) is 5.38. The summed E-state index contributed by atoms with van der Waals surface area (Å²) in [7, 11) is 0. The number of nitrogens with one attached hydrogen (secondary N) is 1. The zero-order chi connectivity index (χ0) is 15.5. The maximum absolute atomic E-state index is 13.9. The van der Waals surface area contributed by atoms with Gasteiger partial charge in [-0.2, -0.15) is 4.39 Å². The lowest BCUT2D eigenvalue weighted by molar-refractivity contribution is -0.387. The molecule has 0 unspecified atom stereocenters. The van der Waals surface area contributed by atoms with Crippen LogP contribution in [0.5, 0.6) is 0 Å². The molecule has 0 fully saturated rings. The first kappa shape index (κ1) is 16.0. The van der Waals surface area contributed by atoms with Crippen LogP contribution in [-0.2, 0) is 0 Å². The monoisotopic (exact) mass is 286 g/mol. The Morgan fingerprint density at radius 1 is 1.35 bits per heavy atom. The van der Waals surface area contributed by atoms with E-state index in [-0.39, 0.29) is 0 Å². The second kappa shape index (κ2) is 5.94. The Kier molecular flexibility index (Phi) is 4.75. The van der Waals surface area contributed by atoms with Gasteiger partial charge in [-0.25, -0.2) is 4.39 Å². The van der Waals surface area contributed by atoms with Crippen LogP contribution in [0.2, 0.25) is 0 Å². The molecule has 7 heteroatoms. The van der Waals surface area contributed by atoms with Crippen molar-refractivity contribution in [2.45, 2.75) is 39.2 Å². The van der Waals surface area contributed by atoms with Crippen LogP contribution in [0.15, 0.2) is 12.1 Å². The number of carbonyl (C=O) groups excluding carboxylic acids is 1. The summed E-state index contributed by atoms with van der Waals surface area (Å²) in [5.74, 6) is -3.57. The SMILES string of the molecule is CCC(C)(CC)NC(=O)c1c(F)ccc([N+](=O)[O-])c1F. The van der Waals surface area contributed by atoms with Crippen LogP contribution in [0, 0.1) is 21.7 Å². The van der Waals surface area contributed by atoms with Crippen molar-refractivity contribution in [1.82, 2.24) is 5.32 Å². The van der Waals surface area contributed by atoms with Crippen LogP contribution in [0.25, 0.3) is 0 Å². The molecule has 0 atom stereocenters. The second-order valence-electron chi connectivity index (χ2n) is 4.73. The maximum atomic E-state index is 13.9. The maximum Gasteiger partial charge on any atom is 0.305 e. The number of nitro benzene ring substituents is 1. The molecule has 0 aliphatic carbocycles. The number of halogens is 2. The molecule has 0 aliphatic heterocycles. The molecule has 1 N–H and O–H groups in total. The van der Waals surface area contributed by atoms with E-state index >= 15 is 0 Å². The summed E-state index contributed by atoms with van der Waals surface area (Å²) in [5, 5.41) is 13.1. The van der Waals surface area contributed by atoms with E-state index in [1.807, 2.05) is 13.8 Å². The Bertz CT molecular complexity index is 543. The minimum atomic E-state index is -1.46. The Balaban J connectivity index is 3.23. The van der Waals surface area contributed by atoms with Gasteiger partial charge in [-0.3, -0.25) is 14.9 Å². The number of nitro groups is 1. The van der Waals surface area contributed by atoms with Gasteiger partial charge in [0.2, 0.25) is 5.82 Å². The number of nitrogens with zero attached hydrogens (tertiary/aromatic N) is 1. The highest BCUT2D eigenvalue weighted by Crippen LogP contribution is 2.24. The zero-order valence-electron chi connectivity index (χ0n) is 11.5. The van der Waals surface area contributed by atoms with Crippen LogP contribution in [0.4, 0.5) is 14.5 Å². The lowest BCUT2D eigenvalue weighted by Crippen LogP contribution is -2.45. The van der Waals surface area contributed by atoms with Crippen molar-refractivity contribution in [1.29, 1.82) is 0 Å². The summed E-state index contributed by atoms with van der Waals surface area (Å²) in [5.41, 5.74) is -2.47. The highest BCUT2D eigenvalue weighted by Gasteiger charge is 2.30. The van der Waals surface area contributed by atoms with E-state index in [0.717, 1.165) is 0 Å². The minimum Gasteiger partial charge on any atom is -0.347 e. The molecule has 1 aromatic carbocycles. The summed E-state index contributed by atoms with van der Waals surface area (Å²) in [6, 6.07) is 1.41. The predicted molar refractivity (Wildman–Crippen MR) is 69.5 cm³/mol. The Labute approximate surface area is 115 Å². The van der Waals surface area contributed by atoms with Gasteiger partial charge < -0.3 is 5.32 Å². The number of hydrogen-bond donors (Lipinski definition) is 1. The fraction of sp³-hybridized carbons (Fsp3) is 0.462. The molecular weight excluding hydrogens is 270 g/mol. The molecule has 0 radical (unpaired) electrons. The van der Waals surface area contributed by atoms with Gasteiger partial charge in [-0.05, 0) is 25.8 Å². The first-order chi connectivity index (χ1) is 9.25. The molecule has 5 nitrogen and oxygen atoms in total. The Morgan fingerprint density at radius 3 is 2.35 bits per heavy atom. The minimum absolute atomic E-state index is 0.563. The lowest BCUT2D eigenvalue weighted by Gasteiger charge is -2.28. The summed E-state index contributed by atoms with van der Waals surface area (Å²) < 4.78 is 27.5. The third-order valence-corrected chi connectivity index (χ3v) is 3.47. The Morgan fingerprint density at radius 2 is 1.90 bits per heavy atom. The van der Waals surface area contributed by atoms with E-state index in [1.165, 1.54) is 0 Å². The third kappa shape index (κ3) is 3.09. The number of carbonyl (C=O) groups is 1. The normalized spacial score (nSPS) is 11.2. The van der Waals surface area contributed by atoms with Gasteiger partial charge in [0.25, 0.3) is 5.91 Å². The zero-order valence-corrected chi connectivity index (χ0v) is 11.5. The molecule has 0 aliphatic rings. The van der Waals surface area contributed by atoms with Crippen LogP contribution in [0.3, 0.4) is 0 Å².